The van der Waals surface area contributed by atoms with Crippen molar-refractivity contribution in [2.75, 3.05) is 13.7 Å². The molecule has 1 fully saturated rings. The smallest absolute Gasteiger partial charge is 0.323 e. The number of carbonyl (C=O) groups excluding carboxylic acids is 1. The summed E-state index contributed by atoms with van der Waals surface area (Å²) in [4.78, 5) is 16.1. The number of nitrogens with zero attached hydrogens (tertiary/aromatic N) is 1. The second-order valence-corrected chi connectivity index (χ2v) is 6.50. The lowest BCUT2D eigenvalue weighted by Crippen LogP contribution is -2.31. The summed E-state index contributed by atoms with van der Waals surface area (Å²) in [5.74, 6) is 0.619. The van der Waals surface area contributed by atoms with Gasteiger partial charge in [0, 0.05) is 24.7 Å². The van der Waals surface area contributed by atoms with Crippen molar-refractivity contribution in [1.29, 1.82) is 0 Å². The Labute approximate surface area is 154 Å². The van der Waals surface area contributed by atoms with Gasteiger partial charge < -0.3 is 14.8 Å². The van der Waals surface area contributed by atoms with Gasteiger partial charge in [0.05, 0.1) is 7.11 Å². The fourth-order valence-corrected chi connectivity index (χ4v) is 3.05. The van der Waals surface area contributed by atoms with E-state index in [1.807, 2.05) is 18.2 Å². The first-order valence-electron chi connectivity index (χ1n) is 8.78. The van der Waals surface area contributed by atoms with Gasteiger partial charge in [-0.2, -0.15) is 0 Å². The Balaban J connectivity index is 1.89. The maximum absolute atomic E-state index is 11.7. The molecule has 0 aromatic carbocycles. The zero-order chi connectivity index (χ0) is 18.5. The number of rotatable bonds is 4. The third-order valence-corrected chi connectivity index (χ3v) is 4.56. The number of esters is 1. The summed E-state index contributed by atoms with van der Waals surface area (Å²) in [7, 11) is 1.39. The second kappa shape index (κ2) is 8.15. The predicted molar refractivity (Wildman–Crippen MR) is 103 cm³/mol. The summed E-state index contributed by atoms with van der Waals surface area (Å²) in [6, 6.07) is 1.64. The van der Waals surface area contributed by atoms with E-state index in [0.717, 1.165) is 16.7 Å². The Morgan fingerprint density at radius 3 is 2.96 bits per heavy atom. The van der Waals surface area contributed by atoms with Crippen LogP contribution in [0.1, 0.15) is 24.5 Å². The highest BCUT2D eigenvalue weighted by Crippen LogP contribution is 2.28. The van der Waals surface area contributed by atoms with E-state index in [2.05, 4.69) is 48.1 Å². The fraction of sp³-hybridized carbons (Fsp3) is 0.333. The Hall–Kier alpha value is -2.66. The molecule has 3 rings (SSSR count). The fourth-order valence-electron chi connectivity index (χ4n) is 3.05. The number of methoxy groups -OCH3 is 1. The third-order valence-electron chi connectivity index (χ3n) is 4.56. The van der Waals surface area contributed by atoms with Gasteiger partial charge in [-0.05, 0) is 29.2 Å². The molecule has 5 nitrogen and oxygen atoms in total. The van der Waals surface area contributed by atoms with Crippen LogP contribution < -0.4 is 10.1 Å². The van der Waals surface area contributed by atoms with Crippen molar-refractivity contribution in [3.8, 4) is 5.88 Å². The van der Waals surface area contributed by atoms with Crippen LogP contribution in [-0.4, -0.2) is 36.8 Å². The van der Waals surface area contributed by atoms with Crippen molar-refractivity contribution in [2.24, 2.45) is 5.92 Å². The number of pyridine rings is 1. The van der Waals surface area contributed by atoms with E-state index in [0.29, 0.717) is 24.8 Å². The number of carbonyl (C=O) groups is 1. The standard InChI is InChI=1S/C21H24N2O3/c1-4-15-7-5-14(2)6-8-16-9-10-22-20(18(16)11-15)26-17-12-19(23-13-17)21(24)25-3/h4-11,14,17,19,23H,1,12-13H2,2-3H3. The molecule has 3 unspecified atom stereocenters. The normalized spacial score (nSPS) is 24.7. The molecule has 26 heavy (non-hydrogen) atoms. The van der Waals surface area contributed by atoms with Crippen LogP contribution >= 0.6 is 0 Å². The Kier molecular flexibility index (Phi) is 5.68. The molecule has 1 saturated heterocycles. The molecule has 1 aliphatic carbocycles. The summed E-state index contributed by atoms with van der Waals surface area (Å²) in [5, 5.41) is 3.13. The molecule has 0 bridgehead atoms. The van der Waals surface area contributed by atoms with Crippen molar-refractivity contribution >= 4 is 18.1 Å². The Bertz CT molecular complexity index is 779. The molecule has 5 heteroatoms. The lowest BCUT2D eigenvalue weighted by atomic mass is 10.1. The van der Waals surface area contributed by atoms with Crippen LogP contribution in [0.3, 0.4) is 0 Å². The van der Waals surface area contributed by atoms with Crippen molar-refractivity contribution in [1.82, 2.24) is 10.3 Å². The van der Waals surface area contributed by atoms with Gasteiger partial charge in [-0.1, -0.05) is 43.9 Å². The molecule has 136 valence electrons. The molecule has 1 N–H and O–H groups in total. The SMILES string of the molecule is C=CC1=Cc2c(ccnc2OC2CNC(C(=O)OC)C2)C=CC(C)C=C1. The van der Waals surface area contributed by atoms with E-state index in [1.54, 1.807) is 6.20 Å². The maximum Gasteiger partial charge on any atom is 0.323 e. The highest BCUT2D eigenvalue weighted by atomic mass is 16.5. The van der Waals surface area contributed by atoms with E-state index in [4.69, 9.17) is 9.47 Å². The van der Waals surface area contributed by atoms with E-state index in [1.165, 1.54) is 7.11 Å². The van der Waals surface area contributed by atoms with Crippen molar-refractivity contribution in [3.63, 3.8) is 0 Å². The molecule has 0 spiro atoms. The topological polar surface area (TPSA) is 60.5 Å². The zero-order valence-corrected chi connectivity index (χ0v) is 15.1. The van der Waals surface area contributed by atoms with Gasteiger partial charge in [-0.25, -0.2) is 4.98 Å². The predicted octanol–water partition coefficient (Wildman–Crippen LogP) is 3.15. The lowest BCUT2D eigenvalue weighted by Gasteiger charge is -2.15. The average Bonchev–Trinajstić information content (AvgIpc) is 3.14. The quantitative estimate of drug-likeness (QED) is 0.844. The van der Waals surface area contributed by atoms with Gasteiger partial charge in [-0.3, -0.25) is 4.79 Å². The number of ether oxygens (including phenoxy) is 2. The minimum absolute atomic E-state index is 0.134. The van der Waals surface area contributed by atoms with Gasteiger partial charge in [0.1, 0.15) is 12.1 Å². The summed E-state index contributed by atoms with van der Waals surface area (Å²) in [6.45, 7) is 6.61. The van der Waals surface area contributed by atoms with Crippen molar-refractivity contribution in [2.45, 2.75) is 25.5 Å². The summed E-state index contributed by atoms with van der Waals surface area (Å²) < 4.78 is 10.9. The van der Waals surface area contributed by atoms with Crippen LogP contribution in [-0.2, 0) is 9.53 Å². The van der Waals surface area contributed by atoms with E-state index in [-0.39, 0.29) is 18.1 Å². The van der Waals surface area contributed by atoms with E-state index < -0.39 is 0 Å². The number of hydrogen-bond acceptors (Lipinski definition) is 5. The first kappa shape index (κ1) is 18.1. The second-order valence-electron chi connectivity index (χ2n) is 6.50. The summed E-state index contributed by atoms with van der Waals surface area (Å²) in [6.07, 6.45) is 14.4. The van der Waals surface area contributed by atoms with Gasteiger partial charge >= 0.3 is 5.97 Å². The molecule has 1 aromatic rings. The number of fused-ring (bicyclic) bond motifs is 1. The number of nitrogens with one attached hydrogen (secondary N) is 1. The Morgan fingerprint density at radius 1 is 1.38 bits per heavy atom. The van der Waals surface area contributed by atoms with Gasteiger partial charge in [0.25, 0.3) is 0 Å². The van der Waals surface area contributed by atoms with Crippen LogP contribution in [0.25, 0.3) is 12.2 Å². The molecule has 0 saturated carbocycles. The molecule has 2 aliphatic rings. The molecule has 1 aliphatic heterocycles. The number of hydrogen-bond donors (Lipinski definition) is 1. The highest BCUT2D eigenvalue weighted by molar-refractivity contribution is 5.76. The van der Waals surface area contributed by atoms with Gasteiger partial charge in [0.15, 0.2) is 0 Å². The van der Waals surface area contributed by atoms with Crippen LogP contribution in [0, 0.1) is 5.92 Å². The largest absolute Gasteiger partial charge is 0.472 e. The monoisotopic (exact) mass is 352 g/mol. The molecular weight excluding hydrogens is 328 g/mol. The minimum Gasteiger partial charge on any atom is -0.472 e. The first-order valence-corrected chi connectivity index (χ1v) is 8.78. The first-order chi connectivity index (χ1) is 12.6. The molecule has 1 aromatic heterocycles. The Morgan fingerprint density at radius 2 is 2.19 bits per heavy atom. The van der Waals surface area contributed by atoms with Crippen molar-refractivity contribution < 1.29 is 14.3 Å². The van der Waals surface area contributed by atoms with Crippen LogP contribution in [0.4, 0.5) is 0 Å². The maximum atomic E-state index is 11.7. The van der Waals surface area contributed by atoms with E-state index in [9.17, 15) is 4.79 Å². The zero-order valence-electron chi connectivity index (χ0n) is 15.1. The van der Waals surface area contributed by atoms with Crippen LogP contribution in [0.2, 0.25) is 0 Å². The molecule has 3 atom stereocenters. The summed E-state index contributed by atoms with van der Waals surface area (Å²) >= 11 is 0. The average molecular weight is 352 g/mol. The molecule has 2 heterocycles. The van der Waals surface area contributed by atoms with Gasteiger partial charge in [0.2, 0.25) is 5.88 Å². The molecular formula is C21H24N2O3. The highest BCUT2D eigenvalue weighted by Gasteiger charge is 2.32. The minimum atomic E-state index is -0.332. The summed E-state index contributed by atoms with van der Waals surface area (Å²) in [5.41, 5.74) is 2.95. The lowest BCUT2D eigenvalue weighted by molar-refractivity contribution is -0.142. The number of aromatic nitrogens is 1. The van der Waals surface area contributed by atoms with Crippen molar-refractivity contribution in [3.05, 3.63) is 59.8 Å². The molecule has 0 radical (unpaired) electrons. The molecule has 0 amide bonds. The number of allylic oxidation sites excluding steroid dienone is 5. The third kappa shape index (κ3) is 4.11. The van der Waals surface area contributed by atoms with Crippen LogP contribution in [0.5, 0.6) is 5.88 Å². The van der Waals surface area contributed by atoms with Crippen LogP contribution in [0.15, 0.2) is 48.7 Å². The van der Waals surface area contributed by atoms with E-state index >= 15 is 0 Å². The van der Waals surface area contributed by atoms with Gasteiger partial charge in [-0.15, -0.1) is 0 Å².